The molecule has 17 heavy (non-hydrogen) atoms. The van der Waals surface area contributed by atoms with Crippen LogP contribution in [0.3, 0.4) is 0 Å². The van der Waals surface area contributed by atoms with Crippen molar-refractivity contribution in [2.45, 2.75) is 13.0 Å². The van der Waals surface area contributed by atoms with E-state index in [-0.39, 0.29) is 17.0 Å². The number of hydrogen-bond acceptors (Lipinski definition) is 5. The van der Waals surface area contributed by atoms with E-state index in [9.17, 15) is 19.7 Å². The Kier molecular flexibility index (Phi) is 3.76. The highest BCUT2D eigenvalue weighted by Crippen LogP contribution is 2.28. The quantitative estimate of drug-likeness (QED) is 0.460. The van der Waals surface area contributed by atoms with Crippen molar-refractivity contribution in [1.29, 1.82) is 0 Å². The molecule has 1 rings (SSSR count). The molecule has 1 amide bonds. The largest absolute Gasteiger partial charge is 0.474 e. The number of hydrogen-bond donors (Lipinski definition) is 1. The van der Waals surface area contributed by atoms with E-state index in [1.165, 1.54) is 19.1 Å². The Hall–Kier alpha value is -2.44. The molecule has 0 saturated heterocycles. The van der Waals surface area contributed by atoms with E-state index in [1.807, 2.05) is 0 Å². The SMILES string of the molecule is CC(Oc1ccc(C=O)cc1[N+](=O)[O-])C(N)=O. The lowest BCUT2D eigenvalue weighted by Crippen LogP contribution is -2.30. The van der Waals surface area contributed by atoms with Gasteiger partial charge in [0.15, 0.2) is 11.9 Å². The van der Waals surface area contributed by atoms with Crippen LogP contribution in [-0.2, 0) is 4.79 Å². The fourth-order valence-corrected chi connectivity index (χ4v) is 1.10. The number of nitrogens with zero attached hydrogens (tertiary/aromatic N) is 1. The van der Waals surface area contributed by atoms with E-state index < -0.39 is 16.9 Å². The van der Waals surface area contributed by atoms with Crippen molar-refractivity contribution in [3.05, 3.63) is 33.9 Å². The summed E-state index contributed by atoms with van der Waals surface area (Å²) >= 11 is 0. The molecule has 0 aromatic heterocycles. The normalized spacial score (nSPS) is 11.6. The molecule has 90 valence electrons. The summed E-state index contributed by atoms with van der Waals surface area (Å²) in [6.45, 7) is 1.37. The molecule has 0 aliphatic carbocycles. The van der Waals surface area contributed by atoms with E-state index in [0.717, 1.165) is 6.07 Å². The van der Waals surface area contributed by atoms with Gasteiger partial charge in [-0.3, -0.25) is 19.7 Å². The van der Waals surface area contributed by atoms with Gasteiger partial charge in [-0.15, -0.1) is 0 Å². The van der Waals surface area contributed by atoms with Crippen molar-refractivity contribution in [3.8, 4) is 5.75 Å². The average molecular weight is 238 g/mol. The lowest BCUT2D eigenvalue weighted by Gasteiger charge is -2.11. The highest BCUT2D eigenvalue weighted by molar-refractivity contribution is 5.79. The maximum atomic E-state index is 10.8. The van der Waals surface area contributed by atoms with Crippen LogP contribution in [0.15, 0.2) is 18.2 Å². The van der Waals surface area contributed by atoms with Crippen molar-refractivity contribution in [3.63, 3.8) is 0 Å². The van der Waals surface area contributed by atoms with Crippen molar-refractivity contribution < 1.29 is 19.2 Å². The lowest BCUT2D eigenvalue weighted by molar-refractivity contribution is -0.386. The zero-order valence-corrected chi connectivity index (χ0v) is 8.95. The summed E-state index contributed by atoms with van der Waals surface area (Å²) in [5.41, 5.74) is 4.74. The van der Waals surface area contributed by atoms with E-state index in [0.29, 0.717) is 6.29 Å². The van der Waals surface area contributed by atoms with Gasteiger partial charge in [0, 0.05) is 11.6 Å². The third-order valence-electron chi connectivity index (χ3n) is 2.02. The summed E-state index contributed by atoms with van der Waals surface area (Å²) < 4.78 is 5.04. The summed E-state index contributed by atoms with van der Waals surface area (Å²) in [4.78, 5) is 31.3. The molecule has 0 bridgehead atoms. The predicted molar refractivity (Wildman–Crippen MR) is 57.8 cm³/mol. The van der Waals surface area contributed by atoms with Gasteiger partial charge in [0.25, 0.3) is 5.91 Å². The summed E-state index contributed by atoms with van der Waals surface area (Å²) in [7, 11) is 0. The number of nitro groups is 1. The minimum atomic E-state index is -0.990. The summed E-state index contributed by atoms with van der Waals surface area (Å²) in [5.74, 6) is -0.842. The van der Waals surface area contributed by atoms with Crippen LogP contribution < -0.4 is 10.5 Å². The van der Waals surface area contributed by atoms with Crippen LogP contribution in [0.1, 0.15) is 17.3 Å². The fourth-order valence-electron chi connectivity index (χ4n) is 1.10. The van der Waals surface area contributed by atoms with Gasteiger partial charge < -0.3 is 10.5 Å². The van der Waals surface area contributed by atoms with Gasteiger partial charge in [-0.25, -0.2) is 0 Å². The first kappa shape index (κ1) is 12.6. The van der Waals surface area contributed by atoms with E-state index >= 15 is 0 Å². The Labute approximate surface area is 96.3 Å². The Bertz CT molecular complexity index is 472. The van der Waals surface area contributed by atoms with Gasteiger partial charge in [0.1, 0.15) is 6.29 Å². The van der Waals surface area contributed by atoms with Crippen molar-refractivity contribution in [2.24, 2.45) is 5.73 Å². The molecule has 2 N–H and O–H groups in total. The molecule has 0 aliphatic rings. The van der Waals surface area contributed by atoms with Crippen LogP contribution in [0.2, 0.25) is 0 Å². The second kappa shape index (κ2) is 5.06. The molecule has 1 unspecified atom stereocenters. The molecule has 0 radical (unpaired) electrons. The first-order valence-corrected chi connectivity index (χ1v) is 4.65. The number of nitro benzene ring substituents is 1. The molecule has 1 aromatic carbocycles. The van der Waals surface area contributed by atoms with Crippen molar-refractivity contribution in [2.75, 3.05) is 0 Å². The minimum absolute atomic E-state index is 0.105. The third-order valence-corrected chi connectivity index (χ3v) is 2.02. The average Bonchev–Trinajstić information content (AvgIpc) is 2.29. The Morgan fingerprint density at radius 2 is 2.24 bits per heavy atom. The molecule has 1 atom stereocenters. The smallest absolute Gasteiger partial charge is 0.311 e. The molecule has 0 heterocycles. The number of rotatable bonds is 5. The van der Waals surface area contributed by atoms with Gasteiger partial charge in [-0.1, -0.05) is 0 Å². The number of primary amides is 1. The topological polar surface area (TPSA) is 113 Å². The fraction of sp³-hybridized carbons (Fsp3) is 0.200. The molecule has 0 saturated carbocycles. The Morgan fingerprint density at radius 3 is 2.71 bits per heavy atom. The highest BCUT2D eigenvalue weighted by Gasteiger charge is 2.20. The number of amides is 1. The summed E-state index contributed by atoms with van der Waals surface area (Å²) in [6, 6.07) is 3.67. The number of nitrogens with two attached hydrogens (primary N) is 1. The van der Waals surface area contributed by atoms with Crippen LogP contribution in [0, 0.1) is 10.1 Å². The van der Waals surface area contributed by atoms with E-state index in [4.69, 9.17) is 10.5 Å². The van der Waals surface area contributed by atoms with Gasteiger partial charge in [0.2, 0.25) is 0 Å². The molecule has 0 fully saturated rings. The summed E-state index contributed by atoms with van der Waals surface area (Å²) in [6.07, 6.45) is -0.510. The van der Waals surface area contributed by atoms with Crippen LogP contribution in [0.5, 0.6) is 5.75 Å². The number of aldehydes is 1. The van der Waals surface area contributed by atoms with Crippen LogP contribution in [-0.4, -0.2) is 23.2 Å². The second-order valence-electron chi connectivity index (χ2n) is 3.26. The van der Waals surface area contributed by atoms with Crippen LogP contribution in [0.25, 0.3) is 0 Å². The number of carbonyl (C=O) groups excluding carboxylic acids is 2. The third kappa shape index (κ3) is 3.00. The number of ether oxygens (including phenoxy) is 1. The van der Waals surface area contributed by atoms with Crippen LogP contribution in [0.4, 0.5) is 5.69 Å². The first-order chi connectivity index (χ1) is 7.95. The zero-order valence-electron chi connectivity index (χ0n) is 8.95. The number of benzene rings is 1. The maximum Gasteiger partial charge on any atom is 0.311 e. The minimum Gasteiger partial charge on any atom is -0.474 e. The molecule has 0 spiro atoms. The predicted octanol–water partition coefficient (Wildman–Crippen LogP) is 0.660. The van der Waals surface area contributed by atoms with Gasteiger partial charge >= 0.3 is 5.69 Å². The molecule has 7 heteroatoms. The van der Waals surface area contributed by atoms with Gasteiger partial charge in [0.05, 0.1) is 4.92 Å². The standard InChI is InChI=1S/C10H10N2O5/c1-6(10(11)14)17-9-3-2-7(5-13)4-8(9)12(15)16/h2-6H,1H3,(H2,11,14). The maximum absolute atomic E-state index is 10.8. The van der Waals surface area contributed by atoms with Crippen molar-refractivity contribution >= 4 is 17.9 Å². The zero-order chi connectivity index (χ0) is 13.0. The van der Waals surface area contributed by atoms with Gasteiger partial charge in [-0.2, -0.15) is 0 Å². The molecule has 1 aromatic rings. The highest BCUT2D eigenvalue weighted by atomic mass is 16.6. The van der Waals surface area contributed by atoms with E-state index in [1.54, 1.807) is 0 Å². The van der Waals surface area contributed by atoms with Gasteiger partial charge in [-0.05, 0) is 19.1 Å². The van der Waals surface area contributed by atoms with Crippen LogP contribution >= 0.6 is 0 Å². The molecular formula is C10H10N2O5. The second-order valence-corrected chi connectivity index (χ2v) is 3.26. The molecular weight excluding hydrogens is 228 g/mol. The summed E-state index contributed by atoms with van der Waals surface area (Å²) in [5, 5.41) is 10.7. The molecule has 7 nitrogen and oxygen atoms in total. The Morgan fingerprint density at radius 1 is 1.59 bits per heavy atom. The Balaban J connectivity index is 3.10. The lowest BCUT2D eigenvalue weighted by atomic mass is 10.2. The van der Waals surface area contributed by atoms with Crippen molar-refractivity contribution in [1.82, 2.24) is 0 Å². The first-order valence-electron chi connectivity index (χ1n) is 4.65. The number of carbonyl (C=O) groups is 2. The molecule has 0 aliphatic heterocycles. The monoisotopic (exact) mass is 238 g/mol. The van der Waals surface area contributed by atoms with E-state index in [2.05, 4.69) is 0 Å².